The number of thiophene rings is 1. The molecule has 0 spiro atoms. The van der Waals surface area contributed by atoms with Crippen LogP contribution < -0.4 is 0 Å². The van der Waals surface area contributed by atoms with Crippen molar-refractivity contribution in [2.45, 2.75) is 76.5 Å². The van der Waals surface area contributed by atoms with E-state index in [1.165, 1.54) is 0 Å². The van der Waals surface area contributed by atoms with Crippen molar-refractivity contribution in [2.24, 2.45) is 0 Å². The van der Waals surface area contributed by atoms with E-state index in [2.05, 4.69) is 16.4 Å². The van der Waals surface area contributed by atoms with Crippen LogP contribution in [0.3, 0.4) is 0 Å². The first kappa shape index (κ1) is 27.0. The maximum absolute atomic E-state index is 13.6. The zero-order valence-electron chi connectivity index (χ0n) is 23.3. The zero-order chi connectivity index (χ0) is 28.3. The molecule has 2 amide bonds. The standard InChI is InChI=1S/C30H33ClN4O4S/c1-16-32-26(22-8-9-40-27(22)33-16)24-13-23(24)21-7-6-17(10-25(21)31)28(36)34(5)18-11-19-14-38-15-20(12-18)35(19)29(37)39-30(2,3)4/h6-10,14,18,20,23-24H,11-13,15H2,1-5H3/t18-,20-,23-,24?/m0/s1. The van der Waals surface area contributed by atoms with Crippen molar-refractivity contribution >= 4 is 45.2 Å². The van der Waals surface area contributed by atoms with E-state index in [9.17, 15) is 9.59 Å². The number of hydrogen-bond donors (Lipinski definition) is 0. The third-order valence-corrected chi connectivity index (χ3v) is 9.02. The molecule has 6 rings (SSSR count). The van der Waals surface area contributed by atoms with Gasteiger partial charge in [0, 0.05) is 41.4 Å². The highest BCUT2D eigenvalue weighted by Gasteiger charge is 2.44. The van der Waals surface area contributed by atoms with Crippen molar-refractivity contribution in [2.75, 3.05) is 13.7 Å². The Labute approximate surface area is 242 Å². The SMILES string of the molecule is Cc1nc(C2C[C@H]2c2ccc(C(=O)N(C)[C@H]3CC4=COC[C@H](C3)N4C(=O)OC(C)(C)C)cc2Cl)c2ccsc2n1. The second-order valence-corrected chi connectivity index (χ2v) is 13.2. The van der Waals surface area contributed by atoms with Crippen molar-refractivity contribution in [1.82, 2.24) is 19.8 Å². The molecule has 4 heterocycles. The van der Waals surface area contributed by atoms with Crippen LogP contribution >= 0.6 is 22.9 Å². The van der Waals surface area contributed by atoms with Gasteiger partial charge in [0.15, 0.2) is 0 Å². The summed E-state index contributed by atoms with van der Waals surface area (Å²) in [5.74, 6) is 1.26. The average Bonchev–Trinajstić information content (AvgIpc) is 3.53. The van der Waals surface area contributed by atoms with E-state index in [4.69, 9.17) is 26.1 Å². The van der Waals surface area contributed by atoms with Gasteiger partial charge in [-0.3, -0.25) is 9.69 Å². The van der Waals surface area contributed by atoms with Crippen LogP contribution in [-0.4, -0.2) is 63.1 Å². The topological polar surface area (TPSA) is 84.9 Å². The Kier molecular flexibility index (Phi) is 6.78. The van der Waals surface area contributed by atoms with Gasteiger partial charge in [0.25, 0.3) is 5.91 Å². The number of hydrogen-bond acceptors (Lipinski definition) is 7. The Balaban J connectivity index is 1.15. The van der Waals surface area contributed by atoms with Gasteiger partial charge in [-0.25, -0.2) is 14.8 Å². The van der Waals surface area contributed by atoms with Crippen LogP contribution in [0.15, 0.2) is 41.6 Å². The van der Waals surface area contributed by atoms with Crippen LogP contribution in [0.1, 0.15) is 79.3 Å². The molecule has 10 heteroatoms. The van der Waals surface area contributed by atoms with Gasteiger partial charge in [-0.05, 0) is 75.6 Å². The first-order chi connectivity index (χ1) is 19.0. The van der Waals surface area contributed by atoms with Gasteiger partial charge in [-0.15, -0.1) is 11.3 Å². The Bertz CT molecular complexity index is 1530. The number of ether oxygens (including phenoxy) is 2. The molecule has 40 heavy (non-hydrogen) atoms. The third-order valence-electron chi connectivity index (χ3n) is 7.88. The number of aryl methyl sites for hydroxylation is 1. The van der Waals surface area contributed by atoms with Gasteiger partial charge in [-0.2, -0.15) is 0 Å². The fraction of sp³-hybridized carbons (Fsp3) is 0.467. The van der Waals surface area contributed by atoms with E-state index in [1.54, 1.807) is 33.5 Å². The number of rotatable bonds is 4. The van der Waals surface area contributed by atoms with Crippen LogP contribution in [-0.2, 0) is 9.47 Å². The molecular weight excluding hydrogens is 548 g/mol. The molecule has 8 nitrogen and oxygen atoms in total. The van der Waals surface area contributed by atoms with Crippen LogP contribution in [0, 0.1) is 6.92 Å². The van der Waals surface area contributed by atoms with Crippen LogP contribution in [0.5, 0.6) is 0 Å². The van der Waals surface area contributed by atoms with Crippen molar-refractivity contribution in [3.63, 3.8) is 0 Å². The average molecular weight is 581 g/mol. The number of benzene rings is 1. The lowest BCUT2D eigenvalue weighted by molar-refractivity contribution is -0.00774. The Morgan fingerprint density at radius 1 is 1.18 bits per heavy atom. The summed E-state index contributed by atoms with van der Waals surface area (Å²) in [6.07, 6.45) is 3.32. The highest BCUT2D eigenvalue weighted by atomic mass is 35.5. The normalized spacial score (nSPS) is 23.9. The molecule has 1 saturated heterocycles. The molecule has 0 N–H and O–H groups in total. The van der Waals surface area contributed by atoms with E-state index in [0.29, 0.717) is 36.0 Å². The summed E-state index contributed by atoms with van der Waals surface area (Å²) in [4.78, 5) is 40.2. The number of nitrogens with zero attached hydrogens (tertiary/aromatic N) is 4. The number of carbonyl (C=O) groups is 2. The fourth-order valence-electron chi connectivity index (χ4n) is 5.90. The van der Waals surface area contributed by atoms with E-state index in [-0.39, 0.29) is 30.0 Å². The number of halogens is 1. The van der Waals surface area contributed by atoms with Crippen LogP contribution in [0.2, 0.25) is 5.02 Å². The third kappa shape index (κ3) is 5.05. The van der Waals surface area contributed by atoms with Gasteiger partial charge in [0.05, 0.1) is 17.4 Å². The van der Waals surface area contributed by atoms with Gasteiger partial charge in [0.1, 0.15) is 29.1 Å². The van der Waals surface area contributed by atoms with Crippen LogP contribution in [0.25, 0.3) is 10.2 Å². The number of carbonyl (C=O) groups excluding carboxylic acids is 2. The first-order valence-corrected chi connectivity index (χ1v) is 14.9. The molecule has 0 radical (unpaired) electrons. The molecule has 2 fully saturated rings. The maximum Gasteiger partial charge on any atom is 0.415 e. The van der Waals surface area contributed by atoms with Gasteiger partial charge >= 0.3 is 6.09 Å². The lowest BCUT2D eigenvalue weighted by Crippen LogP contribution is -2.55. The quantitative estimate of drug-likeness (QED) is 0.344. The monoisotopic (exact) mass is 580 g/mol. The largest absolute Gasteiger partial charge is 0.497 e. The summed E-state index contributed by atoms with van der Waals surface area (Å²) in [5.41, 5.74) is 2.83. The number of piperidine rings is 1. The molecule has 1 unspecified atom stereocenters. The minimum atomic E-state index is -0.591. The molecule has 2 aromatic heterocycles. The summed E-state index contributed by atoms with van der Waals surface area (Å²) in [6.45, 7) is 7.85. The summed E-state index contributed by atoms with van der Waals surface area (Å²) in [6, 6.07) is 7.48. The Hall–Kier alpha value is -3.17. The summed E-state index contributed by atoms with van der Waals surface area (Å²) >= 11 is 8.41. The molecule has 1 saturated carbocycles. The van der Waals surface area contributed by atoms with E-state index in [0.717, 1.165) is 39.4 Å². The molecule has 3 aliphatic rings. The van der Waals surface area contributed by atoms with E-state index < -0.39 is 5.60 Å². The lowest BCUT2D eigenvalue weighted by atomic mass is 9.93. The summed E-state index contributed by atoms with van der Waals surface area (Å²) < 4.78 is 11.2. The predicted octanol–water partition coefficient (Wildman–Crippen LogP) is 6.64. The van der Waals surface area contributed by atoms with Gasteiger partial charge in [-0.1, -0.05) is 17.7 Å². The van der Waals surface area contributed by atoms with Crippen molar-refractivity contribution in [3.05, 3.63) is 69.3 Å². The number of amides is 2. The predicted molar refractivity (Wildman–Crippen MR) is 155 cm³/mol. The molecule has 2 aliphatic heterocycles. The smallest absolute Gasteiger partial charge is 0.415 e. The number of fused-ring (bicyclic) bond motifs is 3. The molecule has 210 valence electrons. The molecule has 1 aromatic carbocycles. The van der Waals surface area contributed by atoms with Crippen molar-refractivity contribution in [1.29, 1.82) is 0 Å². The number of aromatic nitrogens is 2. The fourth-order valence-corrected chi connectivity index (χ4v) is 7.03. The summed E-state index contributed by atoms with van der Waals surface area (Å²) in [7, 11) is 1.82. The zero-order valence-corrected chi connectivity index (χ0v) is 24.9. The highest BCUT2D eigenvalue weighted by molar-refractivity contribution is 7.16. The van der Waals surface area contributed by atoms with Crippen molar-refractivity contribution in [3.8, 4) is 0 Å². The molecular formula is C30H33ClN4O4S. The molecule has 1 aliphatic carbocycles. The molecule has 2 bridgehead atoms. The maximum atomic E-state index is 13.6. The van der Waals surface area contributed by atoms with Gasteiger partial charge < -0.3 is 14.4 Å². The lowest BCUT2D eigenvalue weighted by Gasteiger charge is -2.45. The summed E-state index contributed by atoms with van der Waals surface area (Å²) in [5, 5.41) is 3.78. The Morgan fingerprint density at radius 2 is 1.98 bits per heavy atom. The first-order valence-electron chi connectivity index (χ1n) is 13.6. The minimum absolute atomic E-state index is 0.0772. The van der Waals surface area contributed by atoms with E-state index >= 15 is 0 Å². The molecule has 4 atom stereocenters. The van der Waals surface area contributed by atoms with Gasteiger partial charge in [0.2, 0.25) is 0 Å². The van der Waals surface area contributed by atoms with Crippen LogP contribution in [0.4, 0.5) is 4.79 Å². The minimum Gasteiger partial charge on any atom is -0.497 e. The highest BCUT2D eigenvalue weighted by Crippen LogP contribution is 2.57. The second kappa shape index (κ2) is 10.0. The van der Waals surface area contributed by atoms with Crippen molar-refractivity contribution < 1.29 is 19.1 Å². The Morgan fingerprint density at radius 3 is 2.70 bits per heavy atom. The second-order valence-electron chi connectivity index (χ2n) is 11.9. The molecule has 3 aromatic rings. The van der Waals surface area contributed by atoms with E-state index in [1.807, 2.05) is 46.9 Å².